The number of aliphatic hydroxyl groups is 1. The highest BCUT2D eigenvalue weighted by Gasteiger charge is 2.26. The van der Waals surface area contributed by atoms with Crippen molar-refractivity contribution in [3.63, 3.8) is 0 Å². The average molecular weight is 182 g/mol. The van der Waals surface area contributed by atoms with Gasteiger partial charge in [-0.05, 0) is 27.1 Å². The molecule has 0 saturated carbocycles. The van der Waals surface area contributed by atoms with Gasteiger partial charge in [0.1, 0.15) is 0 Å². The zero-order chi connectivity index (χ0) is 9.90. The molecule has 0 aromatic rings. The lowest BCUT2D eigenvalue weighted by molar-refractivity contribution is 0.0339. The van der Waals surface area contributed by atoms with Crippen LogP contribution in [0.2, 0.25) is 0 Å². The summed E-state index contributed by atoms with van der Waals surface area (Å²) in [6.45, 7) is 2.88. The molecule has 0 saturated heterocycles. The van der Waals surface area contributed by atoms with E-state index in [9.17, 15) is 5.11 Å². The fraction of sp³-hybridized carbons (Fsp3) is 0.700. The second-order valence-electron chi connectivity index (χ2n) is 4.00. The second-order valence-corrected chi connectivity index (χ2v) is 4.00. The molecule has 1 heterocycles. The molecular weight excluding hydrogens is 164 g/mol. The molecule has 0 aromatic heterocycles. The van der Waals surface area contributed by atoms with Crippen LogP contribution in [0.15, 0.2) is 16.6 Å². The summed E-state index contributed by atoms with van der Waals surface area (Å²) >= 11 is 0. The van der Waals surface area contributed by atoms with Gasteiger partial charge in [0.2, 0.25) is 0 Å². The van der Waals surface area contributed by atoms with Crippen LogP contribution >= 0.6 is 0 Å². The Hall–Kier alpha value is -0.670. The minimum Gasteiger partial charge on any atom is -0.369 e. The normalized spacial score (nSPS) is 27.9. The molecule has 13 heavy (non-hydrogen) atoms. The lowest BCUT2D eigenvalue weighted by Gasteiger charge is -2.27. The number of nitrogens with zero attached hydrogens (tertiary/aromatic N) is 2. The fourth-order valence-electron chi connectivity index (χ4n) is 1.41. The monoisotopic (exact) mass is 182 g/mol. The van der Waals surface area contributed by atoms with Crippen molar-refractivity contribution in [2.24, 2.45) is 4.99 Å². The van der Waals surface area contributed by atoms with Crippen molar-refractivity contribution in [1.29, 1.82) is 0 Å². The predicted molar refractivity (Wildman–Crippen MR) is 55.0 cm³/mol. The third-order valence-electron chi connectivity index (χ3n) is 2.20. The third kappa shape index (κ3) is 3.28. The van der Waals surface area contributed by atoms with Crippen LogP contribution in [0, 0.1) is 0 Å². The van der Waals surface area contributed by atoms with Gasteiger partial charge in [-0.1, -0.05) is 5.57 Å². The molecule has 1 aliphatic rings. The van der Waals surface area contributed by atoms with Gasteiger partial charge in [0.15, 0.2) is 5.72 Å². The second kappa shape index (κ2) is 4.03. The summed E-state index contributed by atoms with van der Waals surface area (Å²) in [6, 6.07) is 0. The SMILES string of the molecule is CC1=CC=NC(O)(CCN(C)C)C1. The molecule has 3 heteroatoms. The molecule has 1 rings (SSSR count). The lowest BCUT2D eigenvalue weighted by atomic mass is 9.98. The highest BCUT2D eigenvalue weighted by atomic mass is 16.3. The van der Waals surface area contributed by atoms with Crippen molar-refractivity contribution in [2.75, 3.05) is 20.6 Å². The van der Waals surface area contributed by atoms with Gasteiger partial charge in [-0.3, -0.25) is 4.99 Å². The third-order valence-corrected chi connectivity index (χ3v) is 2.20. The van der Waals surface area contributed by atoms with Gasteiger partial charge in [0.05, 0.1) is 0 Å². The Balaban J connectivity index is 2.49. The molecule has 0 aliphatic carbocycles. The number of aliphatic imine (C=N–C) groups is 1. The number of allylic oxidation sites excluding steroid dienone is 1. The van der Waals surface area contributed by atoms with Crippen LogP contribution < -0.4 is 0 Å². The van der Waals surface area contributed by atoms with Crippen LogP contribution in [0.4, 0.5) is 0 Å². The number of hydrogen-bond donors (Lipinski definition) is 1. The highest BCUT2D eigenvalue weighted by Crippen LogP contribution is 2.24. The maximum Gasteiger partial charge on any atom is 0.160 e. The first kappa shape index (κ1) is 10.4. The Bertz CT molecular complexity index is 233. The van der Waals surface area contributed by atoms with Crippen molar-refractivity contribution in [1.82, 2.24) is 4.90 Å². The van der Waals surface area contributed by atoms with E-state index in [-0.39, 0.29) is 0 Å². The lowest BCUT2D eigenvalue weighted by Crippen LogP contribution is -2.32. The molecule has 0 spiro atoms. The molecule has 1 aliphatic heterocycles. The van der Waals surface area contributed by atoms with E-state index in [1.807, 2.05) is 27.1 Å². The van der Waals surface area contributed by atoms with Crippen LogP contribution in [0.5, 0.6) is 0 Å². The molecule has 0 radical (unpaired) electrons. The summed E-state index contributed by atoms with van der Waals surface area (Å²) in [5, 5.41) is 10.0. The van der Waals surface area contributed by atoms with Crippen LogP contribution in [0.3, 0.4) is 0 Å². The van der Waals surface area contributed by atoms with Crippen LogP contribution in [0.1, 0.15) is 19.8 Å². The molecule has 1 atom stereocenters. The van der Waals surface area contributed by atoms with E-state index in [1.165, 1.54) is 5.57 Å². The number of rotatable bonds is 3. The fourth-order valence-corrected chi connectivity index (χ4v) is 1.41. The Kier molecular flexibility index (Phi) is 3.22. The Morgan fingerprint density at radius 2 is 2.31 bits per heavy atom. The molecular formula is C10H18N2O. The van der Waals surface area contributed by atoms with Crippen molar-refractivity contribution in [2.45, 2.75) is 25.5 Å². The van der Waals surface area contributed by atoms with Crippen molar-refractivity contribution in [3.05, 3.63) is 11.6 Å². The zero-order valence-corrected chi connectivity index (χ0v) is 8.62. The molecule has 0 fully saturated rings. The summed E-state index contributed by atoms with van der Waals surface area (Å²) in [7, 11) is 4.00. The van der Waals surface area contributed by atoms with Gasteiger partial charge in [0.25, 0.3) is 0 Å². The van der Waals surface area contributed by atoms with E-state index in [0.717, 1.165) is 6.54 Å². The van der Waals surface area contributed by atoms with Crippen molar-refractivity contribution < 1.29 is 5.11 Å². The summed E-state index contributed by atoms with van der Waals surface area (Å²) in [5.41, 5.74) is 0.333. The van der Waals surface area contributed by atoms with Crippen LogP contribution in [0.25, 0.3) is 0 Å². The van der Waals surface area contributed by atoms with Crippen LogP contribution in [-0.4, -0.2) is 42.6 Å². The quantitative estimate of drug-likeness (QED) is 0.708. The molecule has 0 aromatic carbocycles. The number of hydrogen-bond acceptors (Lipinski definition) is 3. The molecule has 0 amide bonds. The van der Waals surface area contributed by atoms with Gasteiger partial charge in [-0.25, -0.2) is 0 Å². The van der Waals surface area contributed by atoms with E-state index in [2.05, 4.69) is 9.89 Å². The van der Waals surface area contributed by atoms with Crippen molar-refractivity contribution >= 4 is 6.21 Å². The van der Waals surface area contributed by atoms with Gasteiger partial charge >= 0.3 is 0 Å². The Morgan fingerprint density at radius 3 is 2.85 bits per heavy atom. The van der Waals surface area contributed by atoms with E-state index >= 15 is 0 Å². The first-order valence-electron chi connectivity index (χ1n) is 4.60. The zero-order valence-electron chi connectivity index (χ0n) is 8.62. The Morgan fingerprint density at radius 1 is 1.62 bits per heavy atom. The standard InChI is InChI=1S/C10H18N2O/c1-9-4-6-11-10(13,8-9)5-7-12(2)3/h4,6,13H,5,7-8H2,1-3H3. The molecule has 3 nitrogen and oxygen atoms in total. The maximum atomic E-state index is 10.0. The largest absolute Gasteiger partial charge is 0.369 e. The smallest absolute Gasteiger partial charge is 0.160 e. The number of dihydropyridines is 1. The van der Waals surface area contributed by atoms with Gasteiger partial charge in [-0.2, -0.15) is 0 Å². The summed E-state index contributed by atoms with van der Waals surface area (Å²) < 4.78 is 0. The van der Waals surface area contributed by atoms with E-state index in [1.54, 1.807) is 6.21 Å². The molecule has 0 bridgehead atoms. The van der Waals surface area contributed by atoms with Crippen LogP contribution in [-0.2, 0) is 0 Å². The first-order valence-corrected chi connectivity index (χ1v) is 4.60. The topological polar surface area (TPSA) is 35.8 Å². The van der Waals surface area contributed by atoms with E-state index in [4.69, 9.17) is 0 Å². The van der Waals surface area contributed by atoms with E-state index in [0.29, 0.717) is 12.8 Å². The summed E-state index contributed by atoms with van der Waals surface area (Å²) in [5.74, 6) is 0. The average Bonchev–Trinajstić information content (AvgIpc) is 2.01. The van der Waals surface area contributed by atoms with Gasteiger partial charge in [0, 0.05) is 25.6 Å². The molecule has 1 unspecified atom stereocenters. The molecule has 74 valence electrons. The Labute approximate surface area is 79.8 Å². The summed E-state index contributed by atoms with van der Waals surface area (Å²) in [6.07, 6.45) is 5.01. The minimum atomic E-state index is -0.858. The van der Waals surface area contributed by atoms with E-state index < -0.39 is 5.72 Å². The maximum absolute atomic E-state index is 10.0. The highest BCUT2D eigenvalue weighted by molar-refractivity contribution is 5.73. The molecule has 1 N–H and O–H groups in total. The van der Waals surface area contributed by atoms with Gasteiger partial charge < -0.3 is 10.0 Å². The minimum absolute atomic E-state index is 0.664. The van der Waals surface area contributed by atoms with Crippen molar-refractivity contribution in [3.8, 4) is 0 Å². The predicted octanol–water partition coefficient (Wildman–Crippen LogP) is 1.05. The van der Waals surface area contributed by atoms with Gasteiger partial charge in [-0.15, -0.1) is 0 Å². The first-order chi connectivity index (χ1) is 6.02. The summed E-state index contributed by atoms with van der Waals surface area (Å²) in [4.78, 5) is 6.17.